The van der Waals surface area contributed by atoms with Crippen LogP contribution in [0.5, 0.6) is 0 Å². The molecule has 2 fully saturated rings. The normalized spacial score (nSPS) is 20.1. The maximum absolute atomic E-state index is 13.5. The fourth-order valence-electron chi connectivity index (χ4n) is 3.86. The molecule has 1 saturated carbocycles. The Labute approximate surface area is 159 Å². The number of likely N-dealkylation sites (tertiary alicyclic amines) is 1. The van der Waals surface area contributed by atoms with Crippen LogP contribution in [0.4, 0.5) is 14.9 Å². The van der Waals surface area contributed by atoms with Gasteiger partial charge in [-0.15, -0.1) is 0 Å². The minimum Gasteiger partial charge on any atom is -0.325 e. The number of hydrogen-bond donors (Lipinski definition) is 1. The molecule has 1 aromatic heterocycles. The molecule has 2 heterocycles. The highest BCUT2D eigenvalue weighted by Gasteiger charge is 2.55. The highest BCUT2D eigenvalue weighted by Crippen LogP contribution is 2.53. The SMILES string of the molecule is O=C(Nc1ccnnc1)N1CCC(C2(S(=O)c3cccc(F)c3)CC2)CC1. The van der Waals surface area contributed by atoms with E-state index in [0.717, 1.165) is 25.7 Å². The molecule has 4 rings (SSSR count). The summed E-state index contributed by atoms with van der Waals surface area (Å²) in [7, 11) is -1.22. The van der Waals surface area contributed by atoms with Gasteiger partial charge in [0.15, 0.2) is 0 Å². The van der Waals surface area contributed by atoms with E-state index in [-0.39, 0.29) is 22.5 Å². The van der Waals surface area contributed by atoms with Gasteiger partial charge < -0.3 is 10.2 Å². The summed E-state index contributed by atoms with van der Waals surface area (Å²) < 4.78 is 26.3. The van der Waals surface area contributed by atoms with Crippen LogP contribution in [0, 0.1) is 11.7 Å². The van der Waals surface area contributed by atoms with Gasteiger partial charge in [-0.1, -0.05) is 6.07 Å². The standard InChI is InChI=1S/C19H21FN4O2S/c20-15-2-1-3-17(12-15)27(26)19(7-8-19)14-5-10-24(11-6-14)18(25)23-16-4-9-21-22-13-16/h1-4,9,12-14H,5-8,10-11H2,(H,21,23,25). The summed E-state index contributed by atoms with van der Waals surface area (Å²) in [6.45, 7) is 1.24. The van der Waals surface area contributed by atoms with Crippen molar-refractivity contribution in [3.63, 3.8) is 0 Å². The van der Waals surface area contributed by atoms with E-state index >= 15 is 0 Å². The lowest BCUT2D eigenvalue weighted by Crippen LogP contribution is -2.44. The molecule has 0 radical (unpaired) electrons. The van der Waals surface area contributed by atoms with Gasteiger partial charge in [-0.25, -0.2) is 9.18 Å². The molecular weight excluding hydrogens is 367 g/mol. The van der Waals surface area contributed by atoms with Crippen LogP contribution in [0.2, 0.25) is 0 Å². The summed E-state index contributed by atoms with van der Waals surface area (Å²) in [5.41, 5.74) is 0.614. The van der Waals surface area contributed by atoms with Crippen LogP contribution >= 0.6 is 0 Å². The number of aromatic nitrogens is 2. The van der Waals surface area contributed by atoms with E-state index in [1.807, 2.05) is 0 Å². The van der Waals surface area contributed by atoms with Crippen molar-refractivity contribution in [1.82, 2.24) is 15.1 Å². The van der Waals surface area contributed by atoms with Crippen molar-refractivity contribution < 1.29 is 13.4 Å². The summed E-state index contributed by atoms with van der Waals surface area (Å²) in [6, 6.07) is 7.64. The molecule has 0 bridgehead atoms. The number of carbonyl (C=O) groups is 1. The van der Waals surface area contributed by atoms with Gasteiger partial charge in [-0.2, -0.15) is 10.2 Å². The second-order valence-electron chi connectivity index (χ2n) is 7.11. The van der Waals surface area contributed by atoms with Crippen molar-refractivity contribution in [3.8, 4) is 0 Å². The topological polar surface area (TPSA) is 75.2 Å². The maximum atomic E-state index is 13.5. The zero-order valence-electron chi connectivity index (χ0n) is 14.8. The summed E-state index contributed by atoms with van der Waals surface area (Å²) in [6.07, 6.45) is 6.45. The molecule has 142 valence electrons. The number of amides is 2. The molecule has 1 aromatic carbocycles. The fourth-order valence-corrected chi connectivity index (χ4v) is 5.76. The van der Waals surface area contributed by atoms with Crippen molar-refractivity contribution in [2.45, 2.75) is 35.3 Å². The lowest BCUT2D eigenvalue weighted by molar-refractivity contribution is 0.179. The number of rotatable bonds is 4. The molecule has 1 aliphatic carbocycles. The van der Waals surface area contributed by atoms with Crippen molar-refractivity contribution in [2.24, 2.45) is 5.92 Å². The van der Waals surface area contributed by atoms with E-state index in [0.29, 0.717) is 23.7 Å². The van der Waals surface area contributed by atoms with Crippen molar-refractivity contribution in [2.75, 3.05) is 18.4 Å². The number of piperidine rings is 1. The highest BCUT2D eigenvalue weighted by atomic mass is 32.2. The number of urea groups is 1. The van der Waals surface area contributed by atoms with Crippen LogP contribution in [0.25, 0.3) is 0 Å². The number of carbonyl (C=O) groups excluding carboxylic acids is 1. The minimum atomic E-state index is -1.22. The molecule has 6 nitrogen and oxygen atoms in total. The molecule has 2 aromatic rings. The third-order valence-corrected chi connectivity index (χ3v) is 7.65. The lowest BCUT2D eigenvalue weighted by Gasteiger charge is -2.36. The molecule has 1 atom stereocenters. The molecule has 1 N–H and O–H groups in total. The Morgan fingerprint density at radius 2 is 2.00 bits per heavy atom. The van der Waals surface area contributed by atoms with Gasteiger partial charge in [0.25, 0.3) is 0 Å². The molecule has 8 heteroatoms. The third kappa shape index (κ3) is 3.71. The predicted octanol–water partition coefficient (Wildman–Crippen LogP) is 3.20. The smallest absolute Gasteiger partial charge is 0.321 e. The number of anilines is 1. The number of nitrogens with zero attached hydrogens (tertiary/aromatic N) is 3. The molecule has 1 saturated heterocycles. The second kappa shape index (κ2) is 7.34. The second-order valence-corrected chi connectivity index (χ2v) is 8.94. The quantitative estimate of drug-likeness (QED) is 0.873. The van der Waals surface area contributed by atoms with Gasteiger partial charge in [0.2, 0.25) is 0 Å². The Hall–Kier alpha value is -2.35. The van der Waals surface area contributed by atoms with Gasteiger partial charge in [-0.3, -0.25) is 4.21 Å². The van der Waals surface area contributed by atoms with E-state index < -0.39 is 10.8 Å². The van der Waals surface area contributed by atoms with Crippen molar-refractivity contribution in [3.05, 3.63) is 48.5 Å². The van der Waals surface area contributed by atoms with Crippen LogP contribution in [-0.4, -0.2) is 43.2 Å². The molecule has 2 amide bonds. The first-order valence-electron chi connectivity index (χ1n) is 9.08. The first-order chi connectivity index (χ1) is 13.1. The van der Waals surface area contributed by atoms with Crippen LogP contribution in [0.3, 0.4) is 0 Å². The van der Waals surface area contributed by atoms with Gasteiger partial charge in [0.05, 0.1) is 33.6 Å². The number of benzene rings is 1. The molecule has 0 spiro atoms. The predicted molar refractivity (Wildman–Crippen MR) is 100 cm³/mol. The maximum Gasteiger partial charge on any atom is 0.321 e. The first kappa shape index (κ1) is 18.0. The van der Waals surface area contributed by atoms with Crippen molar-refractivity contribution >= 4 is 22.5 Å². The Morgan fingerprint density at radius 3 is 2.63 bits per heavy atom. The van der Waals surface area contributed by atoms with E-state index in [1.165, 1.54) is 24.5 Å². The van der Waals surface area contributed by atoms with E-state index in [1.54, 1.807) is 23.1 Å². The number of nitrogens with one attached hydrogen (secondary N) is 1. The van der Waals surface area contributed by atoms with Crippen LogP contribution in [0.1, 0.15) is 25.7 Å². The fraction of sp³-hybridized carbons (Fsp3) is 0.421. The molecule has 27 heavy (non-hydrogen) atoms. The monoisotopic (exact) mass is 388 g/mol. The Kier molecular flexibility index (Phi) is 4.90. The minimum absolute atomic E-state index is 0.155. The van der Waals surface area contributed by atoms with Crippen molar-refractivity contribution in [1.29, 1.82) is 0 Å². The molecular formula is C19H21FN4O2S. The van der Waals surface area contributed by atoms with Crippen LogP contribution in [-0.2, 0) is 10.8 Å². The summed E-state index contributed by atoms with van der Waals surface area (Å²) >= 11 is 0. The van der Waals surface area contributed by atoms with Gasteiger partial charge >= 0.3 is 6.03 Å². The zero-order chi connectivity index (χ0) is 18.9. The average molecular weight is 388 g/mol. The van der Waals surface area contributed by atoms with E-state index in [2.05, 4.69) is 15.5 Å². The molecule has 1 aliphatic heterocycles. The Morgan fingerprint density at radius 1 is 1.22 bits per heavy atom. The lowest BCUT2D eigenvalue weighted by atomic mass is 9.91. The molecule has 2 aliphatic rings. The average Bonchev–Trinajstić information content (AvgIpc) is 3.50. The van der Waals surface area contributed by atoms with Crippen LogP contribution in [0.15, 0.2) is 47.6 Å². The Bertz CT molecular complexity index is 852. The summed E-state index contributed by atoms with van der Waals surface area (Å²) in [5.74, 6) is -0.0676. The van der Waals surface area contributed by atoms with Gasteiger partial charge in [0.1, 0.15) is 5.82 Å². The van der Waals surface area contributed by atoms with Gasteiger partial charge in [-0.05, 0) is 55.9 Å². The number of hydrogen-bond acceptors (Lipinski definition) is 4. The highest BCUT2D eigenvalue weighted by molar-refractivity contribution is 7.86. The molecule has 1 unspecified atom stereocenters. The third-order valence-electron chi connectivity index (χ3n) is 5.48. The Balaban J connectivity index is 1.37. The first-order valence-corrected chi connectivity index (χ1v) is 10.2. The zero-order valence-corrected chi connectivity index (χ0v) is 15.6. The van der Waals surface area contributed by atoms with Crippen LogP contribution < -0.4 is 5.32 Å². The summed E-state index contributed by atoms with van der Waals surface area (Å²) in [5, 5.41) is 10.3. The number of halogens is 1. The summed E-state index contributed by atoms with van der Waals surface area (Å²) in [4.78, 5) is 14.7. The van der Waals surface area contributed by atoms with E-state index in [4.69, 9.17) is 0 Å². The van der Waals surface area contributed by atoms with E-state index in [9.17, 15) is 13.4 Å². The van der Waals surface area contributed by atoms with Gasteiger partial charge in [0, 0.05) is 18.0 Å². The largest absolute Gasteiger partial charge is 0.325 e.